The molecule has 2 N–H and O–H groups in total. The summed E-state index contributed by atoms with van der Waals surface area (Å²) in [6.07, 6.45) is 2.19. The molecule has 0 aromatic heterocycles. The summed E-state index contributed by atoms with van der Waals surface area (Å²) in [5, 5.41) is 6.15. The number of unbranched alkanes of at least 4 members (excludes halogenated alkanes) is 1. The summed E-state index contributed by atoms with van der Waals surface area (Å²) < 4.78 is 37.6. The molecule has 142 valence electrons. The summed E-state index contributed by atoms with van der Waals surface area (Å²) >= 11 is 0. The molecule has 0 fully saturated rings. The number of nitrogens with one attached hydrogen (secondary N) is 2. The van der Waals surface area contributed by atoms with Crippen molar-refractivity contribution in [1.82, 2.24) is 10.6 Å². The van der Waals surface area contributed by atoms with Crippen LogP contribution in [-0.2, 0) is 16.0 Å². The Morgan fingerprint density at radius 3 is 2.52 bits per heavy atom. The Balaban J connectivity index is 2.28. The van der Waals surface area contributed by atoms with Crippen LogP contribution >= 0.6 is 0 Å². The van der Waals surface area contributed by atoms with Crippen LogP contribution in [0.25, 0.3) is 0 Å². The van der Waals surface area contributed by atoms with Crippen LogP contribution in [0.5, 0.6) is 0 Å². The second kappa shape index (κ2) is 13.5. The van der Waals surface area contributed by atoms with Crippen molar-refractivity contribution in [2.24, 2.45) is 4.99 Å². The van der Waals surface area contributed by atoms with E-state index in [2.05, 4.69) is 22.5 Å². The lowest BCUT2D eigenvalue weighted by Gasteiger charge is -2.12. The van der Waals surface area contributed by atoms with Crippen molar-refractivity contribution in [3.63, 3.8) is 0 Å². The molecule has 1 rings (SSSR count). The highest BCUT2D eigenvalue weighted by Crippen LogP contribution is 2.10. The number of halogens is 2. The molecule has 5 nitrogen and oxygen atoms in total. The zero-order valence-electron chi connectivity index (χ0n) is 15.1. The highest BCUT2D eigenvalue weighted by atomic mass is 19.1. The third-order valence-corrected chi connectivity index (χ3v) is 3.31. The Kier molecular flexibility index (Phi) is 11.6. The molecule has 0 radical (unpaired) electrons. The van der Waals surface area contributed by atoms with Crippen LogP contribution in [0, 0.1) is 11.6 Å². The number of benzene rings is 1. The lowest BCUT2D eigenvalue weighted by atomic mass is 10.2. The van der Waals surface area contributed by atoms with Crippen LogP contribution in [0.15, 0.2) is 23.2 Å². The molecule has 0 saturated heterocycles. The third kappa shape index (κ3) is 9.99. The van der Waals surface area contributed by atoms with Crippen molar-refractivity contribution in [1.29, 1.82) is 0 Å². The average molecular weight is 357 g/mol. The van der Waals surface area contributed by atoms with Gasteiger partial charge in [-0.05, 0) is 31.5 Å². The van der Waals surface area contributed by atoms with Gasteiger partial charge in [0, 0.05) is 25.3 Å². The van der Waals surface area contributed by atoms with E-state index in [1.54, 1.807) is 0 Å². The van der Waals surface area contributed by atoms with Crippen LogP contribution in [0.2, 0.25) is 0 Å². The second-order valence-electron chi connectivity index (χ2n) is 5.44. The first-order valence-electron chi connectivity index (χ1n) is 8.79. The highest BCUT2D eigenvalue weighted by Gasteiger charge is 2.04. The average Bonchev–Trinajstić information content (AvgIpc) is 2.60. The minimum absolute atomic E-state index is 0.0606. The summed E-state index contributed by atoms with van der Waals surface area (Å²) in [6, 6.07) is 3.36. The lowest BCUT2D eigenvalue weighted by Crippen LogP contribution is -2.39. The smallest absolute Gasteiger partial charge is 0.191 e. The molecule has 1 aromatic rings. The number of rotatable bonds is 12. The molecule has 0 aliphatic rings. The van der Waals surface area contributed by atoms with Crippen molar-refractivity contribution in [2.75, 3.05) is 39.5 Å². The molecule has 7 heteroatoms. The number of hydrogen-bond donors (Lipinski definition) is 2. The van der Waals surface area contributed by atoms with E-state index in [9.17, 15) is 8.78 Å². The first-order chi connectivity index (χ1) is 12.2. The van der Waals surface area contributed by atoms with Gasteiger partial charge in [0.25, 0.3) is 0 Å². The zero-order valence-corrected chi connectivity index (χ0v) is 15.1. The molecule has 0 spiro atoms. The maximum absolute atomic E-state index is 13.6. The van der Waals surface area contributed by atoms with Crippen molar-refractivity contribution in [3.8, 4) is 0 Å². The van der Waals surface area contributed by atoms with Gasteiger partial charge in [-0.15, -0.1) is 0 Å². The Hall–Kier alpha value is -1.73. The monoisotopic (exact) mass is 357 g/mol. The minimum atomic E-state index is -0.473. The Labute approximate surface area is 148 Å². The zero-order chi connectivity index (χ0) is 18.3. The van der Waals surface area contributed by atoms with Crippen molar-refractivity contribution < 1.29 is 18.3 Å². The van der Waals surface area contributed by atoms with E-state index >= 15 is 0 Å². The molecule has 1 aromatic carbocycles. The van der Waals surface area contributed by atoms with Gasteiger partial charge >= 0.3 is 0 Å². The fourth-order valence-corrected chi connectivity index (χ4v) is 1.98. The van der Waals surface area contributed by atoms with Crippen LogP contribution in [0.4, 0.5) is 8.78 Å². The molecule has 0 heterocycles. The van der Waals surface area contributed by atoms with Gasteiger partial charge in [-0.2, -0.15) is 0 Å². The van der Waals surface area contributed by atoms with Gasteiger partial charge in [-0.25, -0.2) is 13.8 Å². The van der Waals surface area contributed by atoms with E-state index in [4.69, 9.17) is 9.47 Å². The fourth-order valence-electron chi connectivity index (χ4n) is 1.98. The van der Waals surface area contributed by atoms with Crippen LogP contribution in [0.3, 0.4) is 0 Å². The summed E-state index contributed by atoms with van der Waals surface area (Å²) in [4.78, 5) is 4.26. The van der Waals surface area contributed by atoms with Crippen LogP contribution in [0.1, 0.15) is 32.3 Å². The molecule has 0 aliphatic heterocycles. The first-order valence-corrected chi connectivity index (χ1v) is 8.79. The molecule has 0 unspecified atom stereocenters. The van der Waals surface area contributed by atoms with E-state index in [1.807, 2.05) is 6.92 Å². The molecule has 0 saturated carbocycles. The fraction of sp³-hybridized carbons (Fsp3) is 0.611. The molecule has 0 bridgehead atoms. The third-order valence-electron chi connectivity index (χ3n) is 3.31. The van der Waals surface area contributed by atoms with Crippen LogP contribution < -0.4 is 10.6 Å². The highest BCUT2D eigenvalue weighted by molar-refractivity contribution is 5.79. The SMILES string of the molecule is CCCCOCCOCCNC(=NCc1cc(F)ccc1F)NCC. The van der Waals surface area contributed by atoms with E-state index in [0.29, 0.717) is 38.9 Å². The summed E-state index contributed by atoms with van der Waals surface area (Å²) in [6.45, 7) is 7.77. The molecule has 0 amide bonds. The largest absolute Gasteiger partial charge is 0.379 e. The molecule has 25 heavy (non-hydrogen) atoms. The number of guanidine groups is 1. The minimum Gasteiger partial charge on any atom is -0.379 e. The standard InChI is InChI=1S/C18H29F2N3O2/c1-3-5-9-24-11-12-25-10-8-22-18(21-4-2)23-14-15-13-16(19)6-7-17(15)20/h6-7,13H,3-5,8-12,14H2,1-2H3,(H2,21,22,23). The van der Waals surface area contributed by atoms with Gasteiger partial charge < -0.3 is 20.1 Å². The van der Waals surface area contributed by atoms with Gasteiger partial charge in [0.05, 0.1) is 26.4 Å². The first kappa shape index (κ1) is 21.3. The number of aliphatic imine (C=N–C) groups is 1. The molecular weight excluding hydrogens is 328 g/mol. The quantitative estimate of drug-likeness (QED) is 0.343. The topological polar surface area (TPSA) is 54.9 Å². The van der Waals surface area contributed by atoms with Gasteiger partial charge in [0.15, 0.2) is 5.96 Å². The van der Waals surface area contributed by atoms with E-state index < -0.39 is 11.6 Å². The second-order valence-corrected chi connectivity index (χ2v) is 5.44. The van der Waals surface area contributed by atoms with Crippen LogP contribution in [-0.4, -0.2) is 45.5 Å². The van der Waals surface area contributed by atoms with Crippen molar-refractivity contribution in [3.05, 3.63) is 35.4 Å². The molecular formula is C18H29F2N3O2. The van der Waals surface area contributed by atoms with Gasteiger partial charge in [-0.1, -0.05) is 13.3 Å². The van der Waals surface area contributed by atoms with E-state index in [-0.39, 0.29) is 12.1 Å². The normalized spacial score (nSPS) is 11.6. The predicted octanol–water partition coefficient (Wildman–Crippen LogP) is 2.85. The van der Waals surface area contributed by atoms with Gasteiger partial charge in [0.1, 0.15) is 11.6 Å². The predicted molar refractivity (Wildman–Crippen MR) is 95.7 cm³/mol. The Bertz CT molecular complexity index is 513. The summed E-state index contributed by atoms with van der Waals surface area (Å²) in [7, 11) is 0. The summed E-state index contributed by atoms with van der Waals surface area (Å²) in [5.74, 6) is -0.402. The number of nitrogens with zero attached hydrogens (tertiary/aromatic N) is 1. The van der Waals surface area contributed by atoms with E-state index in [1.165, 1.54) is 0 Å². The maximum Gasteiger partial charge on any atom is 0.191 e. The Morgan fingerprint density at radius 2 is 1.80 bits per heavy atom. The number of hydrogen-bond acceptors (Lipinski definition) is 3. The van der Waals surface area contributed by atoms with Gasteiger partial charge in [0.2, 0.25) is 0 Å². The number of ether oxygens (including phenoxy) is 2. The summed E-state index contributed by atoms with van der Waals surface area (Å²) in [5.41, 5.74) is 0.220. The lowest BCUT2D eigenvalue weighted by molar-refractivity contribution is 0.0487. The van der Waals surface area contributed by atoms with Crippen molar-refractivity contribution >= 4 is 5.96 Å². The van der Waals surface area contributed by atoms with Crippen molar-refractivity contribution in [2.45, 2.75) is 33.2 Å². The maximum atomic E-state index is 13.6. The van der Waals surface area contributed by atoms with Gasteiger partial charge in [-0.3, -0.25) is 0 Å². The van der Waals surface area contributed by atoms with E-state index in [0.717, 1.165) is 37.6 Å². The molecule has 0 aliphatic carbocycles. The Morgan fingerprint density at radius 1 is 1.04 bits per heavy atom. The molecule has 0 atom stereocenters.